The Kier molecular flexibility index (Phi) is 5.32. The highest BCUT2D eigenvalue weighted by Crippen LogP contribution is 2.23. The SMILES string of the molecule is CC(C)N(CCCC(C)(C)C)C(C)(C)C. The van der Waals surface area contributed by atoms with E-state index in [1.807, 2.05) is 0 Å². The molecule has 0 fully saturated rings. The smallest absolute Gasteiger partial charge is 0.0127 e. The zero-order valence-corrected chi connectivity index (χ0v) is 12.1. The quantitative estimate of drug-likeness (QED) is 0.672. The van der Waals surface area contributed by atoms with E-state index in [-0.39, 0.29) is 0 Å². The third kappa shape index (κ3) is 6.94. The van der Waals surface area contributed by atoms with Crippen molar-refractivity contribution in [1.82, 2.24) is 4.90 Å². The minimum atomic E-state index is 0.298. The maximum atomic E-state index is 2.60. The Balaban J connectivity index is 4.11. The van der Waals surface area contributed by atoms with Crippen molar-refractivity contribution in [3.05, 3.63) is 0 Å². The molecule has 0 aliphatic heterocycles. The van der Waals surface area contributed by atoms with Gasteiger partial charge in [-0.05, 0) is 59.4 Å². The monoisotopic (exact) mass is 213 g/mol. The highest BCUT2D eigenvalue weighted by Gasteiger charge is 2.23. The predicted molar refractivity (Wildman–Crippen MR) is 70.3 cm³/mol. The molecule has 0 amide bonds. The van der Waals surface area contributed by atoms with E-state index < -0.39 is 0 Å². The van der Waals surface area contributed by atoms with E-state index in [1.54, 1.807) is 0 Å². The van der Waals surface area contributed by atoms with Gasteiger partial charge in [0.05, 0.1) is 0 Å². The van der Waals surface area contributed by atoms with Crippen LogP contribution in [0.1, 0.15) is 68.2 Å². The summed E-state index contributed by atoms with van der Waals surface area (Å²) in [6, 6.07) is 0.643. The van der Waals surface area contributed by atoms with Gasteiger partial charge in [-0.25, -0.2) is 0 Å². The fourth-order valence-electron chi connectivity index (χ4n) is 2.15. The van der Waals surface area contributed by atoms with Crippen LogP contribution in [0.25, 0.3) is 0 Å². The van der Waals surface area contributed by atoms with Gasteiger partial charge in [0.15, 0.2) is 0 Å². The first kappa shape index (κ1) is 15.0. The van der Waals surface area contributed by atoms with Crippen molar-refractivity contribution in [3.63, 3.8) is 0 Å². The maximum Gasteiger partial charge on any atom is 0.0127 e. The minimum absolute atomic E-state index is 0.298. The van der Waals surface area contributed by atoms with Gasteiger partial charge in [-0.1, -0.05) is 20.8 Å². The average molecular weight is 213 g/mol. The second-order valence-electron chi connectivity index (χ2n) is 7.12. The molecule has 0 spiro atoms. The minimum Gasteiger partial charge on any atom is -0.296 e. The van der Waals surface area contributed by atoms with Crippen molar-refractivity contribution in [2.45, 2.75) is 79.8 Å². The number of hydrogen-bond donors (Lipinski definition) is 0. The van der Waals surface area contributed by atoms with Crippen molar-refractivity contribution in [3.8, 4) is 0 Å². The van der Waals surface area contributed by atoms with Gasteiger partial charge < -0.3 is 0 Å². The van der Waals surface area contributed by atoms with Crippen LogP contribution in [0, 0.1) is 5.41 Å². The van der Waals surface area contributed by atoms with Gasteiger partial charge >= 0.3 is 0 Å². The molecule has 0 atom stereocenters. The van der Waals surface area contributed by atoms with Crippen molar-refractivity contribution in [2.75, 3.05) is 6.54 Å². The van der Waals surface area contributed by atoms with Gasteiger partial charge in [-0.2, -0.15) is 0 Å². The van der Waals surface area contributed by atoms with Gasteiger partial charge in [0.2, 0.25) is 0 Å². The standard InChI is InChI=1S/C14H31N/c1-12(2)15(14(6,7)8)11-9-10-13(3,4)5/h12H,9-11H2,1-8H3. The zero-order chi connectivity index (χ0) is 12.3. The number of hydrogen-bond acceptors (Lipinski definition) is 1. The zero-order valence-electron chi connectivity index (χ0n) is 12.1. The van der Waals surface area contributed by atoms with Gasteiger partial charge in [-0.3, -0.25) is 4.90 Å². The van der Waals surface area contributed by atoms with Gasteiger partial charge in [0, 0.05) is 11.6 Å². The highest BCUT2D eigenvalue weighted by atomic mass is 15.2. The predicted octanol–water partition coefficient (Wildman–Crippen LogP) is 4.32. The summed E-state index contributed by atoms with van der Waals surface area (Å²) in [5.74, 6) is 0. The number of nitrogens with zero attached hydrogens (tertiary/aromatic N) is 1. The van der Waals surface area contributed by atoms with E-state index in [4.69, 9.17) is 0 Å². The van der Waals surface area contributed by atoms with Crippen LogP contribution in [-0.2, 0) is 0 Å². The lowest BCUT2D eigenvalue weighted by Gasteiger charge is -2.39. The summed E-state index contributed by atoms with van der Waals surface area (Å²) >= 11 is 0. The van der Waals surface area contributed by atoms with E-state index >= 15 is 0 Å². The molecule has 0 saturated carbocycles. The average Bonchev–Trinajstić information content (AvgIpc) is 1.92. The van der Waals surface area contributed by atoms with Crippen LogP contribution in [0.5, 0.6) is 0 Å². The summed E-state index contributed by atoms with van der Waals surface area (Å²) in [6.07, 6.45) is 2.62. The molecule has 0 aliphatic rings. The molecule has 0 unspecified atom stereocenters. The third-order valence-electron chi connectivity index (χ3n) is 2.81. The van der Waals surface area contributed by atoms with Crippen LogP contribution in [0.2, 0.25) is 0 Å². The van der Waals surface area contributed by atoms with Crippen LogP contribution in [0.3, 0.4) is 0 Å². The van der Waals surface area contributed by atoms with Gasteiger partial charge in [0.1, 0.15) is 0 Å². The van der Waals surface area contributed by atoms with Crippen molar-refractivity contribution in [1.29, 1.82) is 0 Å². The molecule has 0 aromatic heterocycles. The molecule has 0 bridgehead atoms. The van der Waals surface area contributed by atoms with E-state index in [0.29, 0.717) is 17.0 Å². The van der Waals surface area contributed by atoms with E-state index in [0.717, 1.165) is 0 Å². The van der Waals surface area contributed by atoms with E-state index in [2.05, 4.69) is 60.3 Å². The lowest BCUT2D eigenvalue weighted by molar-refractivity contribution is 0.0928. The molecule has 0 aromatic carbocycles. The van der Waals surface area contributed by atoms with Crippen LogP contribution >= 0.6 is 0 Å². The molecule has 0 radical (unpaired) electrons. The molecule has 0 rings (SSSR count). The second-order valence-corrected chi connectivity index (χ2v) is 7.12. The van der Waals surface area contributed by atoms with Crippen LogP contribution in [0.15, 0.2) is 0 Å². The van der Waals surface area contributed by atoms with Crippen molar-refractivity contribution >= 4 is 0 Å². The molecule has 1 nitrogen and oxygen atoms in total. The normalized spacial score (nSPS) is 14.0. The van der Waals surface area contributed by atoms with Gasteiger partial charge in [0.25, 0.3) is 0 Å². The Hall–Kier alpha value is -0.0400. The lowest BCUT2D eigenvalue weighted by Crippen LogP contribution is -2.46. The largest absolute Gasteiger partial charge is 0.296 e. The Morgan fingerprint density at radius 3 is 1.67 bits per heavy atom. The summed E-state index contributed by atoms with van der Waals surface area (Å²) in [7, 11) is 0. The summed E-state index contributed by atoms with van der Waals surface area (Å²) in [6.45, 7) is 19.7. The summed E-state index contributed by atoms with van der Waals surface area (Å²) in [4.78, 5) is 2.60. The van der Waals surface area contributed by atoms with Crippen LogP contribution < -0.4 is 0 Å². The Morgan fingerprint density at radius 2 is 1.40 bits per heavy atom. The topological polar surface area (TPSA) is 3.24 Å². The fraction of sp³-hybridized carbons (Fsp3) is 1.00. The third-order valence-corrected chi connectivity index (χ3v) is 2.81. The summed E-state index contributed by atoms with van der Waals surface area (Å²) in [5, 5.41) is 0. The Labute approximate surface area is 97.2 Å². The molecule has 15 heavy (non-hydrogen) atoms. The fourth-order valence-corrected chi connectivity index (χ4v) is 2.15. The first-order valence-electron chi connectivity index (χ1n) is 6.31. The Morgan fingerprint density at radius 1 is 0.933 bits per heavy atom. The van der Waals surface area contributed by atoms with E-state index in [1.165, 1.54) is 19.4 Å². The lowest BCUT2D eigenvalue weighted by atomic mass is 9.90. The van der Waals surface area contributed by atoms with Crippen molar-refractivity contribution < 1.29 is 0 Å². The van der Waals surface area contributed by atoms with E-state index in [9.17, 15) is 0 Å². The molecular weight excluding hydrogens is 182 g/mol. The Bertz CT molecular complexity index is 169. The van der Waals surface area contributed by atoms with Crippen molar-refractivity contribution in [2.24, 2.45) is 5.41 Å². The summed E-state index contributed by atoms with van der Waals surface area (Å²) < 4.78 is 0. The molecule has 0 heterocycles. The van der Waals surface area contributed by atoms with Gasteiger partial charge in [-0.15, -0.1) is 0 Å². The van der Waals surface area contributed by atoms with Crippen LogP contribution in [-0.4, -0.2) is 23.0 Å². The molecule has 1 heteroatoms. The molecule has 0 saturated heterocycles. The molecule has 0 aromatic rings. The molecule has 0 aliphatic carbocycles. The highest BCUT2D eigenvalue weighted by molar-refractivity contribution is 4.79. The molecule has 0 N–H and O–H groups in total. The second kappa shape index (κ2) is 5.34. The maximum absolute atomic E-state index is 2.60. The number of rotatable bonds is 4. The molecular formula is C14H31N. The first-order chi connectivity index (χ1) is 6.54. The molecule has 92 valence electrons. The first-order valence-corrected chi connectivity index (χ1v) is 6.31. The summed E-state index contributed by atoms with van der Waals surface area (Å²) in [5.41, 5.74) is 0.770. The van der Waals surface area contributed by atoms with Crippen LogP contribution in [0.4, 0.5) is 0 Å².